The molecule has 0 aliphatic carbocycles. The van der Waals surface area contributed by atoms with E-state index in [1.54, 1.807) is 0 Å². The molecule has 2 aromatic heterocycles. The molecule has 0 atom stereocenters. The highest BCUT2D eigenvalue weighted by atomic mass is 16.5. The zero-order valence-electron chi connectivity index (χ0n) is 35.8. The fourth-order valence-electron chi connectivity index (χ4n) is 10.2. The molecule has 11 rings (SSSR count). The van der Waals surface area contributed by atoms with Gasteiger partial charge >= 0.3 is 0 Å². The highest BCUT2D eigenvalue weighted by molar-refractivity contribution is 6.98. The molecule has 0 spiro atoms. The van der Waals surface area contributed by atoms with Gasteiger partial charge in [-0.3, -0.25) is 0 Å². The van der Waals surface area contributed by atoms with Crippen molar-refractivity contribution < 1.29 is 9.47 Å². The summed E-state index contributed by atoms with van der Waals surface area (Å²) in [5, 5.41) is 5.02. The van der Waals surface area contributed by atoms with E-state index in [0.717, 1.165) is 50.9 Å². The first-order valence-electron chi connectivity index (χ1n) is 21.0. The number of hydrogen-bond acceptors (Lipinski definition) is 2. The van der Waals surface area contributed by atoms with Gasteiger partial charge in [-0.05, 0) is 120 Å². The first-order chi connectivity index (χ1) is 28.1. The molecule has 2 aliphatic rings. The van der Waals surface area contributed by atoms with Gasteiger partial charge in [-0.15, -0.1) is 0 Å². The van der Waals surface area contributed by atoms with E-state index in [1.807, 2.05) is 0 Å². The second-order valence-electron chi connectivity index (χ2n) is 19.3. The van der Waals surface area contributed by atoms with Crippen molar-refractivity contribution in [3.05, 3.63) is 149 Å². The number of hydrogen-bond donors (Lipinski definition) is 0. The summed E-state index contributed by atoms with van der Waals surface area (Å²) in [7, 11) is 0. The molecule has 0 unspecified atom stereocenters. The van der Waals surface area contributed by atoms with E-state index in [-0.39, 0.29) is 17.5 Å². The molecule has 9 aromatic rings. The second-order valence-corrected chi connectivity index (χ2v) is 19.3. The molecule has 7 aromatic carbocycles. The van der Waals surface area contributed by atoms with Gasteiger partial charge in [0.1, 0.15) is 23.0 Å². The molecule has 0 bridgehead atoms. The molecule has 4 heterocycles. The number of aryl methyl sites for hydroxylation is 4. The van der Waals surface area contributed by atoms with Crippen molar-refractivity contribution in [2.45, 2.75) is 80.1 Å². The Morgan fingerprint density at radius 3 is 1.51 bits per heavy atom. The highest BCUT2D eigenvalue weighted by Crippen LogP contribution is 2.43. The first kappa shape index (κ1) is 35.9. The maximum Gasteiger partial charge on any atom is 0.260 e. The maximum absolute atomic E-state index is 6.96. The van der Waals surface area contributed by atoms with Crippen molar-refractivity contribution in [2.75, 3.05) is 0 Å². The SMILES string of the molecule is Cc1cc(C)c2c(c1)c1cc(C)cc(C)c1n2-c1ccc2c(c1)c1ccccc1n2-c1cc2c3c(c1)Oc1ccc(C(C)(C)C)cc1B3c1cc(C(C)(C)C)ccc1O2. The Balaban J connectivity index is 1.14. The van der Waals surface area contributed by atoms with E-state index in [0.29, 0.717) is 0 Å². The van der Waals surface area contributed by atoms with Crippen LogP contribution in [0.5, 0.6) is 23.0 Å². The average molecular weight is 769 g/mol. The zero-order chi connectivity index (χ0) is 40.9. The third-order valence-electron chi connectivity index (χ3n) is 13.0. The number of fused-ring (bicyclic) bond motifs is 10. The molecule has 0 fully saturated rings. The Labute approximate surface area is 347 Å². The number of rotatable bonds is 2. The summed E-state index contributed by atoms with van der Waals surface area (Å²) in [6, 6.07) is 43.1. The third-order valence-corrected chi connectivity index (χ3v) is 13.0. The van der Waals surface area contributed by atoms with Gasteiger partial charge < -0.3 is 18.6 Å². The summed E-state index contributed by atoms with van der Waals surface area (Å²) in [5.41, 5.74) is 18.2. The number of para-hydroxylation sites is 1. The van der Waals surface area contributed by atoms with Crippen LogP contribution in [0.1, 0.15) is 74.9 Å². The first-order valence-corrected chi connectivity index (χ1v) is 21.0. The number of aromatic nitrogens is 2. The Bertz CT molecular complexity index is 3140. The smallest absolute Gasteiger partial charge is 0.260 e. The minimum Gasteiger partial charge on any atom is -0.458 e. The molecule has 290 valence electrons. The summed E-state index contributed by atoms with van der Waals surface area (Å²) < 4.78 is 18.8. The number of nitrogens with zero attached hydrogens (tertiary/aromatic N) is 2. The highest BCUT2D eigenvalue weighted by Gasteiger charge is 2.42. The Kier molecular flexibility index (Phi) is 7.41. The van der Waals surface area contributed by atoms with E-state index in [1.165, 1.54) is 76.9 Å². The van der Waals surface area contributed by atoms with E-state index in [2.05, 4.69) is 194 Å². The van der Waals surface area contributed by atoms with Crippen LogP contribution in [-0.4, -0.2) is 15.8 Å². The van der Waals surface area contributed by atoms with Gasteiger partial charge in [-0.1, -0.05) is 107 Å². The van der Waals surface area contributed by atoms with Crippen molar-refractivity contribution in [1.29, 1.82) is 0 Å². The summed E-state index contributed by atoms with van der Waals surface area (Å²) in [4.78, 5) is 0. The van der Waals surface area contributed by atoms with Crippen LogP contribution in [0.4, 0.5) is 0 Å². The summed E-state index contributed by atoms with van der Waals surface area (Å²) in [6.45, 7) is 22.6. The minimum atomic E-state index is -0.0161. The lowest BCUT2D eigenvalue weighted by molar-refractivity contribution is 0.463. The normalized spacial score (nSPS) is 13.5. The number of ether oxygens (including phenoxy) is 2. The molecule has 0 radical (unpaired) electrons. The average Bonchev–Trinajstić information content (AvgIpc) is 3.69. The van der Waals surface area contributed by atoms with E-state index >= 15 is 0 Å². The topological polar surface area (TPSA) is 28.3 Å². The maximum atomic E-state index is 6.96. The zero-order valence-corrected chi connectivity index (χ0v) is 35.8. The van der Waals surface area contributed by atoms with Crippen LogP contribution < -0.4 is 25.9 Å². The van der Waals surface area contributed by atoms with Crippen LogP contribution in [0.15, 0.2) is 115 Å². The van der Waals surface area contributed by atoms with Gasteiger partial charge in [0.05, 0.1) is 27.8 Å². The monoisotopic (exact) mass is 768 g/mol. The van der Waals surface area contributed by atoms with Gasteiger partial charge in [0.25, 0.3) is 6.71 Å². The van der Waals surface area contributed by atoms with E-state index < -0.39 is 0 Å². The Morgan fingerprint density at radius 1 is 0.441 bits per heavy atom. The summed E-state index contributed by atoms with van der Waals surface area (Å²) in [5.74, 6) is 3.49. The van der Waals surface area contributed by atoms with Crippen LogP contribution in [-0.2, 0) is 10.8 Å². The third kappa shape index (κ3) is 5.29. The van der Waals surface area contributed by atoms with Crippen molar-refractivity contribution in [3.8, 4) is 34.4 Å². The lowest BCUT2D eigenvalue weighted by Gasteiger charge is -2.35. The van der Waals surface area contributed by atoms with Crippen molar-refractivity contribution >= 4 is 66.7 Å². The molecule has 0 saturated carbocycles. The molecule has 0 N–H and O–H groups in total. The van der Waals surface area contributed by atoms with Crippen molar-refractivity contribution in [1.82, 2.24) is 9.13 Å². The van der Waals surface area contributed by atoms with Gasteiger partial charge in [0.2, 0.25) is 0 Å². The quantitative estimate of drug-likeness (QED) is 0.164. The van der Waals surface area contributed by atoms with Gasteiger partial charge in [-0.2, -0.15) is 0 Å². The van der Waals surface area contributed by atoms with Crippen molar-refractivity contribution in [2.24, 2.45) is 0 Å². The van der Waals surface area contributed by atoms with E-state index in [4.69, 9.17) is 9.47 Å². The summed E-state index contributed by atoms with van der Waals surface area (Å²) >= 11 is 0. The fraction of sp³-hybridized carbons (Fsp3) is 0.222. The molecule has 0 amide bonds. The molecule has 0 saturated heterocycles. The molecular formula is C54H49BN2O2. The molecule has 4 nitrogen and oxygen atoms in total. The fourth-order valence-corrected chi connectivity index (χ4v) is 10.2. The Hall–Kier alpha value is -6.20. The standard InChI is InChI=1S/C54H49BN2O2/c1-30-21-32(3)51-40(23-30)41-24-31(2)22-33(4)52(41)57(51)36-17-18-45-39(27-36)38-13-11-12-14-44(38)56(45)37-28-48-50-49(29-37)59-47-20-16-35(54(8,9)10)26-43(47)55(50)42-25-34(53(5,6)7)15-19-46(42)58-48/h11-29H,1-10H3. The molecule has 5 heteroatoms. The predicted molar refractivity (Wildman–Crippen MR) is 249 cm³/mol. The lowest BCUT2D eigenvalue weighted by Crippen LogP contribution is -2.57. The predicted octanol–water partition coefficient (Wildman–Crippen LogP) is 12.4. The lowest BCUT2D eigenvalue weighted by atomic mass is 9.34. The molecular weight excluding hydrogens is 719 g/mol. The van der Waals surface area contributed by atoms with Crippen LogP contribution in [0.3, 0.4) is 0 Å². The molecule has 2 aliphatic heterocycles. The van der Waals surface area contributed by atoms with Crippen LogP contribution in [0.25, 0.3) is 55.0 Å². The van der Waals surface area contributed by atoms with Gasteiger partial charge in [-0.25, -0.2) is 0 Å². The van der Waals surface area contributed by atoms with Crippen LogP contribution in [0, 0.1) is 27.7 Å². The summed E-state index contributed by atoms with van der Waals surface area (Å²) in [6.07, 6.45) is 0. The van der Waals surface area contributed by atoms with Crippen LogP contribution in [0.2, 0.25) is 0 Å². The Morgan fingerprint density at radius 2 is 0.966 bits per heavy atom. The van der Waals surface area contributed by atoms with Gasteiger partial charge in [0, 0.05) is 44.8 Å². The minimum absolute atomic E-state index is 0.00304. The van der Waals surface area contributed by atoms with Gasteiger partial charge in [0.15, 0.2) is 0 Å². The number of benzene rings is 7. The van der Waals surface area contributed by atoms with Crippen molar-refractivity contribution in [3.63, 3.8) is 0 Å². The van der Waals surface area contributed by atoms with Crippen LogP contribution >= 0.6 is 0 Å². The largest absolute Gasteiger partial charge is 0.458 e. The second kappa shape index (κ2) is 12.2. The molecule has 59 heavy (non-hydrogen) atoms. The van der Waals surface area contributed by atoms with E-state index in [9.17, 15) is 0 Å².